The predicted octanol–water partition coefficient (Wildman–Crippen LogP) is 4.53. The molecule has 112 valence electrons. The minimum absolute atomic E-state index is 0.222. The highest BCUT2D eigenvalue weighted by atomic mass is 16.1. The van der Waals surface area contributed by atoms with Crippen LogP contribution in [0, 0.1) is 0 Å². The molecule has 21 heavy (non-hydrogen) atoms. The van der Waals surface area contributed by atoms with Crippen LogP contribution in [0.4, 0.5) is 0 Å². The minimum atomic E-state index is -0.425. The summed E-state index contributed by atoms with van der Waals surface area (Å²) in [6.45, 7) is 10.2. The van der Waals surface area contributed by atoms with Crippen LogP contribution in [0.1, 0.15) is 44.5 Å². The van der Waals surface area contributed by atoms with E-state index in [0.29, 0.717) is 0 Å². The van der Waals surface area contributed by atoms with E-state index in [-0.39, 0.29) is 5.78 Å². The van der Waals surface area contributed by atoms with Crippen molar-refractivity contribution in [3.8, 4) is 0 Å². The zero-order valence-electron chi connectivity index (χ0n) is 13.5. The monoisotopic (exact) mass is 283 g/mol. The van der Waals surface area contributed by atoms with Crippen LogP contribution in [0.5, 0.6) is 0 Å². The molecule has 0 amide bonds. The molecule has 1 unspecified atom stereocenters. The molecule has 2 nitrogen and oxygen atoms in total. The lowest BCUT2D eigenvalue weighted by Crippen LogP contribution is -2.51. The van der Waals surface area contributed by atoms with Crippen LogP contribution in [-0.4, -0.2) is 29.3 Å². The van der Waals surface area contributed by atoms with Crippen molar-refractivity contribution in [2.45, 2.75) is 39.7 Å². The quantitative estimate of drug-likeness (QED) is 0.726. The summed E-state index contributed by atoms with van der Waals surface area (Å²) in [4.78, 5) is 15.3. The van der Waals surface area contributed by atoms with Crippen LogP contribution in [0.3, 0.4) is 0 Å². The standard InChI is InChI=1S/C19H25NO/c1-5-19(4,20(6-2)7-3)18(21)17-13-12-15-10-8-9-11-16(15)14-17/h8-14H,5-7H2,1-4H3. The van der Waals surface area contributed by atoms with Gasteiger partial charge in [-0.05, 0) is 43.3 Å². The summed E-state index contributed by atoms with van der Waals surface area (Å²) in [7, 11) is 0. The molecule has 0 spiro atoms. The highest BCUT2D eigenvalue weighted by Crippen LogP contribution is 2.26. The molecule has 0 fully saturated rings. The lowest BCUT2D eigenvalue weighted by molar-refractivity contribution is 0.0608. The van der Waals surface area contributed by atoms with Gasteiger partial charge in [0.05, 0.1) is 5.54 Å². The van der Waals surface area contributed by atoms with Crippen molar-refractivity contribution in [1.29, 1.82) is 0 Å². The molecule has 0 saturated heterocycles. The van der Waals surface area contributed by atoms with Gasteiger partial charge >= 0.3 is 0 Å². The van der Waals surface area contributed by atoms with E-state index in [4.69, 9.17) is 0 Å². The second kappa shape index (κ2) is 6.40. The Labute approximate surface area is 127 Å². The van der Waals surface area contributed by atoms with Crippen LogP contribution in [0.25, 0.3) is 10.8 Å². The van der Waals surface area contributed by atoms with Gasteiger partial charge in [-0.2, -0.15) is 0 Å². The van der Waals surface area contributed by atoms with Crippen molar-refractivity contribution in [1.82, 2.24) is 4.90 Å². The molecule has 2 aromatic rings. The van der Waals surface area contributed by atoms with Crippen LogP contribution in [0.2, 0.25) is 0 Å². The number of rotatable bonds is 6. The zero-order chi connectivity index (χ0) is 15.5. The maximum absolute atomic E-state index is 13.1. The molecule has 2 rings (SSSR count). The van der Waals surface area contributed by atoms with Crippen molar-refractivity contribution < 1.29 is 4.79 Å². The Balaban J connectivity index is 2.44. The minimum Gasteiger partial charge on any atom is -0.292 e. The summed E-state index contributed by atoms with van der Waals surface area (Å²) in [6.07, 6.45) is 0.820. The molecule has 0 saturated carbocycles. The average molecular weight is 283 g/mol. The van der Waals surface area contributed by atoms with Gasteiger partial charge in [0.15, 0.2) is 5.78 Å². The average Bonchev–Trinajstić information content (AvgIpc) is 2.54. The fourth-order valence-corrected chi connectivity index (χ4v) is 3.09. The molecule has 0 N–H and O–H groups in total. The van der Waals surface area contributed by atoms with Crippen LogP contribution < -0.4 is 0 Å². The number of hydrogen-bond acceptors (Lipinski definition) is 2. The third kappa shape index (κ3) is 2.86. The first-order valence-electron chi connectivity index (χ1n) is 7.85. The normalized spacial score (nSPS) is 14.3. The predicted molar refractivity (Wildman–Crippen MR) is 89.9 cm³/mol. The Morgan fingerprint density at radius 3 is 2.19 bits per heavy atom. The van der Waals surface area contributed by atoms with Gasteiger partial charge in [0.1, 0.15) is 0 Å². The third-order valence-corrected chi connectivity index (χ3v) is 4.65. The van der Waals surface area contributed by atoms with E-state index in [1.54, 1.807) is 0 Å². The molecule has 0 heterocycles. The SMILES string of the molecule is CCN(CC)C(C)(CC)C(=O)c1ccc2ccccc2c1. The summed E-state index contributed by atoms with van der Waals surface area (Å²) in [5.74, 6) is 0.222. The number of fused-ring (bicyclic) bond motifs is 1. The van der Waals surface area contributed by atoms with Gasteiger partial charge in [0, 0.05) is 5.56 Å². The van der Waals surface area contributed by atoms with E-state index in [1.807, 2.05) is 30.3 Å². The molecule has 0 bridgehead atoms. The summed E-state index contributed by atoms with van der Waals surface area (Å²) in [5.41, 5.74) is 0.385. The smallest absolute Gasteiger partial charge is 0.182 e. The van der Waals surface area contributed by atoms with Crippen molar-refractivity contribution in [2.24, 2.45) is 0 Å². The Kier molecular flexibility index (Phi) is 4.79. The molecule has 0 radical (unpaired) electrons. The maximum atomic E-state index is 13.1. The van der Waals surface area contributed by atoms with E-state index in [1.165, 1.54) is 5.39 Å². The Morgan fingerprint density at radius 2 is 1.62 bits per heavy atom. The number of hydrogen-bond donors (Lipinski definition) is 0. The van der Waals surface area contributed by atoms with Crippen LogP contribution in [-0.2, 0) is 0 Å². The molecule has 0 aromatic heterocycles. The van der Waals surface area contributed by atoms with Gasteiger partial charge in [0.2, 0.25) is 0 Å². The second-order valence-electron chi connectivity index (χ2n) is 5.69. The van der Waals surface area contributed by atoms with E-state index in [2.05, 4.69) is 44.7 Å². The maximum Gasteiger partial charge on any atom is 0.182 e. The second-order valence-corrected chi connectivity index (χ2v) is 5.69. The topological polar surface area (TPSA) is 20.3 Å². The van der Waals surface area contributed by atoms with E-state index >= 15 is 0 Å². The van der Waals surface area contributed by atoms with E-state index < -0.39 is 5.54 Å². The van der Waals surface area contributed by atoms with Crippen molar-refractivity contribution in [3.05, 3.63) is 48.0 Å². The molecule has 2 heteroatoms. The van der Waals surface area contributed by atoms with E-state index in [0.717, 1.165) is 30.5 Å². The molecule has 0 aliphatic rings. The largest absolute Gasteiger partial charge is 0.292 e. The number of carbonyl (C=O) groups excluding carboxylic acids is 1. The van der Waals surface area contributed by atoms with Gasteiger partial charge in [-0.3, -0.25) is 9.69 Å². The molecule has 0 aliphatic heterocycles. The van der Waals surface area contributed by atoms with Crippen molar-refractivity contribution in [2.75, 3.05) is 13.1 Å². The molecule has 1 atom stereocenters. The highest BCUT2D eigenvalue weighted by molar-refractivity contribution is 6.05. The lowest BCUT2D eigenvalue weighted by Gasteiger charge is -2.38. The van der Waals surface area contributed by atoms with Gasteiger partial charge in [-0.1, -0.05) is 57.2 Å². The molecular weight excluding hydrogens is 258 g/mol. The van der Waals surface area contributed by atoms with Gasteiger partial charge in [-0.25, -0.2) is 0 Å². The highest BCUT2D eigenvalue weighted by Gasteiger charge is 2.36. The number of Topliss-reactive ketones (excluding diaryl/α,β-unsaturated/α-hetero) is 1. The number of benzene rings is 2. The fraction of sp³-hybridized carbons (Fsp3) is 0.421. The summed E-state index contributed by atoms with van der Waals surface area (Å²) >= 11 is 0. The van der Waals surface area contributed by atoms with Crippen molar-refractivity contribution in [3.63, 3.8) is 0 Å². The van der Waals surface area contributed by atoms with Gasteiger partial charge in [-0.15, -0.1) is 0 Å². The molecule has 0 aliphatic carbocycles. The Bertz CT molecular complexity index is 630. The van der Waals surface area contributed by atoms with Crippen molar-refractivity contribution >= 4 is 16.6 Å². The number of likely N-dealkylation sites (N-methyl/N-ethyl adjacent to an activating group) is 1. The summed E-state index contributed by atoms with van der Waals surface area (Å²) < 4.78 is 0. The first-order chi connectivity index (χ1) is 10.1. The first kappa shape index (κ1) is 15.7. The Hall–Kier alpha value is -1.67. The van der Waals surface area contributed by atoms with Crippen LogP contribution >= 0.6 is 0 Å². The summed E-state index contributed by atoms with van der Waals surface area (Å²) in [5, 5.41) is 2.30. The third-order valence-electron chi connectivity index (χ3n) is 4.65. The van der Waals surface area contributed by atoms with Crippen LogP contribution in [0.15, 0.2) is 42.5 Å². The van der Waals surface area contributed by atoms with Gasteiger partial charge < -0.3 is 0 Å². The lowest BCUT2D eigenvalue weighted by atomic mass is 9.86. The molecular formula is C19H25NO. The van der Waals surface area contributed by atoms with E-state index in [9.17, 15) is 4.79 Å². The Morgan fingerprint density at radius 1 is 1.00 bits per heavy atom. The number of carbonyl (C=O) groups is 1. The first-order valence-corrected chi connectivity index (χ1v) is 7.85. The fourth-order valence-electron chi connectivity index (χ4n) is 3.09. The molecule has 2 aromatic carbocycles. The van der Waals surface area contributed by atoms with Gasteiger partial charge in [0.25, 0.3) is 0 Å². The zero-order valence-corrected chi connectivity index (χ0v) is 13.5. The number of ketones is 1. The summed E-state index contributed by atoms with van der Waals surface area (Å²) in [6, 6.07) is 14.2. The number of nitrogens with zero attached hydrogens (tertiary/aromatic N) is 1.